The van der Waals surface area contributed by atoms with Crippen molar-refractivity contribution in [3.05, 3.63) is 108 Å². The SMILES string of the molecule is C[C@@H]1O[C@@H](O[C@H]2[C@@H]3OC[C@@H](O3)[C@@H]3OC(C)(C)O[C@@H]32)[C@@H](OCc2ccccc2)[C@H](OCc2ccccc2)[C@@H]1OCc1ccccc1. The second-order valence-electron chi connectivity index (χ2n) is 12.5. The average Bonchev–Trinajstić information content (AvgIpc) is 3.64. The third-order valence-electron chi connectivity index (χ3n) is 8.73. The Labute approximate surface area is 264 Å². The van der Waals surface area contributed by atoms with Crippen molar-refractivity contribution in [1.82, 2.24) is 0 Å². The van der Waals surface area contributed by atoms with Gasteiger partial charge in [-0.2, -0.15) is 0 Å². The molecule has 4 aliphatic rings. The Morgan fingerprint density at radius 1 is 0.622 bits per heavy atom. The molecule has 2 bridgehead atoms. The van der Waals surface area contributed by atoms with Crippen LogP contribution in [0.15, 0.2) is 91.0 Å². The Morgan fingerprint density at radius 2 is 1.13 bits per heavy atom. The fourth-order valence-electron chi connectivity index (χ4n) is 6.57. The monoisotopic (exact) mass is 618 g/mol. The molecule has 4 aliphatic heterocycles. The molecular formula is C36H42O9. The maximum atomic E-state index is 6.80. The highest BCUT2D eigenvalue weighted by Crippen LogP contribution is 2.43. The normalized spacial score (nSPS) is 35.3. The van der Waals surface area contributed by atoms with Gasteiger partial charge in [0.2, 0.25) is 0 Å². The molecule has 45 heavy (non-hydrogen) atoms. The summed E-state index contributed by atoms with van der Waals surface area (Å²) in [7, 11) is 0. The van der Waals surface area contributed by atoms with Crippen LogP contribution in [0.2, 0.25) is 0 Å². The van der Waals surface area contributed by atoms with Crippen molar-refractivity contribution < 1.29 is 42.6 Å². The summed E-state index contributed by atoms with van der Waals surface area (Å²) in [6.07, 6.45) is -4.98. The summed E-state index contributed by atoms with van der Waals surface area (Å²) in [5, 5.41) is 0. The van der Waals surface area contributed by atoms with E-state index in [9.17, 15) is 0 Å². The largest absolute Gasteiger partial charge is 0.368 e. The van der Waals surface area contributed by atoms with E-state index in [2.05, 4.69) is 0 Å². The van der Waals surface area contributed by atoms with Gasteiger partial charge in [-0.05, 0) is 37.5 Å². The average molecular weight is 619 g/mol. The molecule has 4 heterocycles. The number of rotatable bonds is 11. The molecule has 3 aromatic rings. The molecular weight excluding hydrogens is 576 g/mol. The quantitative estimate of drug-likeness (QED) is 0.290. The Kier molecular flexibility index (Phi) is 9.33. The Balaban J connectivity index is 1.18. The van der Waals surface area contributed by atoms with Crippen molar-refractivity contribution in [2.24, 2.45) is 0 Å². The Morgan fingerprint density at radius 3 is 1.71 bits per heavy atom. The van der Waals surface area contributed by atoms with Gasteiger partial charge in [-0.3, -0.25) is 0 Å². The lowest BCUT2D eigenvalue weighted by atomic mass is 9.97. The van der Waals surface area contributed by atoms with E-state index in [4.69, 9.17) is 42.6 Å². The number of ether oxygens (including phenoxy) is 9. The van der Waals surface area contributed by atoms with Crippen LogP contribution < -0.4 is 0 Å². The van der Waals surface area contributed by atoms with Gasteiger partial charge in [0, 0.05) is 0 Å². The molecule has 9 heteroatoms. The fraction of sp³-hybridized carbons (Fsp3) is 0.500. The van der Waals surface area contributed by atoms with Crippen LogP contribution in [-0.4, -0.2) is 73.8 Å². The van der Waals surface area contributed by atoms with Crippen LogP contribution in [0.3, 0.4) is 0 Å². The van der Waals surface area contributed by atoms with Crippen LogP contribution >= 0.6 is 0 Å². The molecule has 0 unspecified atom stereocenters. The van der Waals surface area contributed by atoms with Crippen molar-refractivity contribution in [3.63, 3.8) is 0 Å². The van der Waals surface area contributed by atoms with E-state index in [1.165, 1.54) is 0 Å². The number of hydrogen-bond donors (Lipinski definition) is 0. The minimum Gasteiger partial charge on any atom is -0.368 e. The number of hydrogen-bond acceptors (Lipinski definition) is 9. The molecule has 0 aromatic heterocycles. The van der Waals surface area contributed by atoms with Gasteiger partial charge in [0.1, 0.15) is 42.7 Å². The van der Waals surface area contributed by atoms with Crippen molar-refractivity contribution in [2.45, 2.75) is 108 Å². The summed E-state index contributed by atoms with van der Waals surface area (Å²) < 4.78 is 58.2. The molecule has 4 fully saturated rings. The summed E-state index contributed by atoms with van der Waals surface area (Å²) in [5.41, 5.74) is 3.13. The lowest BCUT2D eigenvalue weighted by molar-refractivity contribution is -0.352. The standard InChI is InChI=1S/C36H42O9/c1-23-28(37-19-24-13-7-4-8-14-24)30(38-20-25-15-9-5-10-16-25)32(39-21-26-17-11-6-12-18-26)35(41-23)43-33-31-29(44-36(2,3)45-31)27-22-40-34(33)42-27/h4-18,23,27-35H,19-22H2,1-3H3/t23-,27+,28+,29-,30+,31-,32-,33+,34+,35-/m0/s1. The zero-order valence-corrected chi connectivity index (χ0v) is 25.9. The van der Waals surface area contributed by atoms with Crippen LogP contribution in [0.25, 0.3) is 0 Å². The molecule has 7 rings (SSSR count). The lowest BCUT2D eigenvalue weighted by Gasteiger charge is -2.47. The summed E-state index contributed by atoms with van der Waals surface area (Å²) in [4.78, 5) is 0. The van der Waals surface area contributed by atoms with E-state index < -0.39 is 48.9 Å². The van der Waals surface area contributed by atoms with Gasteiger partial charge in [-0.15, -0.1) is 0 Å². The van der Waals surface area contributed by atoms with E-state index in [0.29, 0.717) is 26.4 Å². The molecule has 0 aliphatic carbocycles. The second kappa shape index (κ2) is 13.6. The molecule has 4 saturated heterocycles. The van der Waals surface area contributed by atoms with Crippen LogP contribution in [0.1, 0.15) is 37.5 Å². The van der Waals surface area contributed by atoms with E-state index in [1.54, 1.807) is 0 Å². The summed E-state index contributed by atoms with van der Waals surface area (Å²) >= 11 is 0. The molecule has 3 aromatic carbocycles. The summed E-state index contributed by atoms with van der Waals surface area (Å²) in [5.74, 6) is -0.771. The summed E-state index contributed by atoms with van der Waals surface area (Å²) in [6, 6.07) is 30.2. The highest BCUT2D eigenvalue weighted by Gasteiger charge is 2.60. The smallest absolute Gasteiger partial charge is 0.187 e. The summed E-state index contributed by atoms with van der Waals surface area (Å²) in [6.45, 7) is 7.32. The van der Waals surface area contributed by atoms with Crippen molar-refractivity contribution in [1.29, 1.82) is 0 Å². The van der Waals surface area contributed by atoms with Gasteiger partial charge in [-0.25, -0.2) is 0 Å². The molecule has 0 radical (unpaired) electrons. The van der Waals surface area contributed by atoms with Crippen LogP contribution in [-0.2, 0) is 62.5 Å². The first-order chi connectivity index (χ1) is 21.9. The van der Waals surface area contributed by atoms with Crippen LogP contribution in [0.4, 0.5) is 0 Å². The zero-order chi connectivity index (χ0) is 30.8. The third-order valence-corrected chi connectivity index (χ3v) is 8.73. The first-order valence-electron chi connectivity index (χ1n) is 15.8. The number of benzene rings is 3. The van der Waals surface area contributed by atoms with E-state index in [0.717, 1.165) is 16.7 Å². The van der Waals surface area contributed by atoms with Gasteiger partial charge in [0.05, 0.1) is 32.5 Å². The Hall–Kier alpha value is -2.70. The van der Waals surface area contributed by atoms with Crippen molar-refractivity contribution in [2.75, 3.05) is 6.61 Å². The first kappa shape index (κ1) is 30.9. The predicted octanol–water partition coefficient (Wildman–Crippen LogP) is 5.15. The van der Waals surface area contributed by atoms with E-state index >= 15 is 0 Å². The highest BCUT2D eigenvalue weighted by molar-refractivity contribution is 5.16. The maximum Gasteiger partial charge on any atom is 0.187 e. The van der Waals surface area contributed by atoms with Gasteiger partial charge in [0.15, 0.2) is 18.4 Å². The van der Waals surface area contributed by atoms with Gasteiger partial charge in [-0.1, -0.05) is 91.0 Å². The van der Waals surface area contributed by atoms with Crippen LogP contribution in [0, 0.1) is 0 Å². The first-order valence-corrected chi connectivity index (χ1v) is 15.8. The van der Waals surface area contributed by atoms with Gasteiger partial charge >= 0.3 is 0 Å². The van der Waals surface area contributed by atoms with Crippen LogP contribution in [0.5, 0.6) is 0 Å². The molecule has 240 valence electrons. The van der Waals surface area contributed by atoms with Crippen molar-refractivity contribution >= 4 is 0 Å². The minimum atomic E-state index is -0.830. The Bertz CT molecular complexity index is 1360. The highest BCUT2D eigenvalue weighted by atomic mass is 16.8. The van der Waals surface area contributed by atoms with E-state index in [-0.39, 0.29) is 18.3 Å². The molecule has 0 saturated carbocycles. The number of fused-ring (bicyclic) bond motifs is 4. The fourth-order valence-corrected chi connectivity index (χ4v) is 6.57. The topological polar surface area (TPSA) is 83.1 Å². The zero-order valence-electron chi connectivity index (χ0n) is 25.9. The van der Waals surface area contributed by atoms with E-state index in [1.807, 2.05) is 112 Å². The lowest BCUT2D eigenvalue weighted by Crippen LogP contribution is -2.63. The maximum absolute atomic E-state index is 6.80. The third kappa shape index (κ3) is 7.02. The molecule has 0 amide bonds. The molecule has 0 spiro atoms. The van der Waals surface area contributed by atoms with Crippen molar-refractivity contribution in [3.8, 4) is 0 Å². The second-order valence-corrected chi connectivity index (χ2v) is 12.5. The molecule has 10 atom stereocenters. The molecule has 9 nitrogen and oxygen atoms in total. The molecule has 0 N–H and O–H groups in total. The predicted molar refractivity (Wildman–Crippen MR) is 163 cm³/mol. The van der Waals surface area contributed by atoms with Gasteiger partial charge < -0.3 is 42.6 Å². The minimum absolute atomic E-state index is 0.212. The van der Waals surface area contributed by atoms with Gasteiger partial charge in [0.25, 0.3) is 0 Å².